The molecule has 0 bridgehead atoms. The summed E-state index contributed by atoms with van der Waals surface area (Å²) in [4.78, 5) is 4.55. The number of hydrogen-bond acceptors (Lipinski definition) is 4. The Hall–Kier alpha value is -1.50. The van der Waals surface area contributed by atoms with Gasteiger partial charge in [0, 0.05) is 30.7 Å². The summed E-state index contributed by atoms with van der Waals surface area (Å²) in [5.74, 6) is 0. The Kier molecular flexibility index (Phi) is 4.92. The zero-order valence-electron chi connectivity index (χ0n) is 12.6. The first-order valence-electron chi connectivity index (χ1n) is 6.99. The minimum atomic E-state index is -3.53. The fourth-order valence-electron chi connectivity index (χ4n) is 2.15. The predicted molar refractivity (Wildman–Crippen MR) is 84.8 cm³/mol. The fraction of sp³-hybridized carbons (Fsp3) is 0.400. The molecule has 0 unspecified atom stereocenters. The summed E-state index contributed by atoms with van der Waals surface area (Å²) in [6, 6.07) is 7.30. The molecule has 0 aliphatic heterocycles. The predicted octanol–water partition coefficient (Wildman–Crippen LogP) is 1.82. The second kappa shape index (κ2) is 6.51. The number of aromatic nitrogens is 1. The molecular weight excluding hydrogens is 286 g/mol. The Balaban J connectivity index is 2.26. The summed E-state index contributed by atoms with van der Waals surface area (Å²) in [7, 11) is -3.53. The third-order valence-electron chi connectivity index (χ3n) is 3.19. The summed E-state index contributed by atoms with van der Waals surface area (Å²) < 4.78 is 27.5. The van der Waals surface area contributed by atoms with Crippen LogP contribution in [0.3, 0.4) is 0 Å². The van der Waals surface area contributed by atoms with Gasteiger partial charge in [-0.3, -0.25) is 4.98 Å². The maximum Gasteiger partial charge on any atom is 0.241 e. The standard InChI is InChI=1S/C15H21N3O2S/c1-11(2)16-9-10-18-21(19,20)14-7-6-12(3)15-13(14)5-4-8-17-15/h4-8,11,16,18H,9-10H2,1-3H3. The third kappa shape index (κ3) is 3.78. The average Bonchev–Trinajstić information content (AvgIpc) is 2.44. The van der Waals surface area contributed by atoms with Crippen molar-refractivity contribution in [2.75, 3.05) is 13.1 Å². The molecule has 0 atom stereocenters. The number of fused-ring (bicyclic) bond motifs is 1. The van der Waals surface area contributed by atoms with Gasteiger partial charge in [0.1, 0.15) is 0 Å². The average molecular weight is 307 g/mol. The molecule has 1 aromatic heterocycles. The van der Waals surface area contributed by atoms with Crippen molar-refractivity contribution in [3.63, 3.8) is 0 Å². The smallest absolute Gasteiger partial charge is 0.241 e. The molecule has 0 radical (unpaired) electrons. The Labute approximate surface area is 125 Å². The lowest BCUT2D eigenvalue weighted by atomic mass is 10.1. The molecular formula is C15H21N3O2S. The zero-order chi connectivity index (χ0) is 15.5. The number of pyridine rings is 1. The SMILES string of the molecule is Cc1ccc(S(=O)(=O)NCCNC(C)C)c2cccnc12. The van der Waals surface area contributed by atoms with Crippen molar-refractivity contribution in [2.45, 2.75) is 31.7 Å². The monoisotopic (exact) mass is 307 g/mol. The van der Waals surface area contributed by atoms with Crippen LogP contribution in [-0.4, -0.2) is 32.5 Å². The first-order chi connectivity index (χ1) is 9.92. The third-order valence-corrected chi connectivity index (χ3v) is 4.71. The number of nitrogens with one attached hydrogen (secondary N) is 2. The van der Waals surface area contributed by atoms with Crippen LogP contribution >= 0.6 is 0 Å². The summed E-state index contributed by atoms with van der Waals surface area (Å²) in [5.41, 5.74) is 1.69. The van der Waals surface area contributed by atoms with E-state index in [0.29, 0.717) is 24.5 Å². The van der Waals surface area contributed by atoms with Crippen molar-refractivity contribution in [3.05, 3.63) is 36.0 Å². The summed E-state index contributed by atoms with van der Waals surface area (Å²) in [6.07, 6.45) is 1.67. The van der Waals surface area contributed by atoms with Gasteiger partial charge in [0.05, 0.1) is 10.4 Å². The van der Waals surface area contributed by atoms with Crippen molar-refractivity contribution in [1.29, 1.82) is 0 Å². The van der Waals surface area contributed by atoms with Gasteiger partial charge < -0.3 is 5.32 Å². The van der Waals surface area contributed by atoms with Gasteiger partial charge in [-0.15, -0.1) is 0 Å². The van der Waals surface area contributed by atoms with E-state index in [2.05, 4.69) is 15.0 Å². The number of aryl methyl sites for hydroxylation is 1. The van der Waals surface area contributed by atoms with Crippen molar-refractivity contribution < 1.29 is 8.42 Å². The van der Waals surface area contributed by atoms with E-state index in [1.165, 1.54) is 0 Å². The fourth-order valence-corrected chi connectivity index (χ4v) is 3.37. The van der Waals surface area contributed by atoms with E-state index in [1.807, 2.05) is 20.8 Å². The van der Waals surface area contributed by atoms with Gasteiger partial charge in [0.15, 0.2) is 0 Å². The molecule has 2 rings (SSSR count). The van der Waals surface area contributed by atoms with Gasteiger partial charge in [-0.25, -0.2) is 13.1 Å². The molecule has 0 spiro atoms. The van der Waals surface area contributed by atoms with Crippen LogP contribution in [-0.2, 0) is 10.0 Å². The summed E-state index contributed by atoms with van der Waals surface area (Å²) in [5, 5.41) is 3.83. The molecule has 0 aliphatic rings. The van der Waals surface area contributed by atoms with Crippen LogP contribution in [0.4, 0.5) is 0 Å². The lowest BCUT2D eigenvalue weighted by molar-refractivity contribution is 0.560. The van der Waals surface area contributed by atoms with Gasteiger partial charge in [0.25, 0.3) is 0 Å². The Bertz CT molecular complexity index is 727. The van der Waals surface area contributed by atoms with Crippen LogP contribution < -0.4 is 10.0 Å². The Morgan fingerprint density at radius 1 is 1.19 bits per heavy atom. The zero-order valence-corrected chi connectivity index (χ0v) is 13.4. The molecule has 0 saturated heterocycles. The maximum absolute atomic E-state index is 12.4. The van der Waals surface area contributed by atoms with E-state index < -0.39 is 10.0 Å². The highest BCUT2D eigenvalue weighted by Gasteiger charge is 2.17. The van der Waals surface area contributed by atoms with Gasteiger partial charge >= 0.3 is 0 Å². The number of rotatable bonds is 6. The van der Waals surface area contributed by atoms with E-state index in [9.17, 15) is 8.42 Å². The Morgan fingerprint density at radius 3 is 2.67 bits per heavy atom. The molecule has 0 saturated carbocycles. The summed E-state index contributed by atoms with van der Waals surface area (Å²) >= 11 is 0. The van der Waals surface area contributed by atoms with E-state index >= 15 is 0 Å². The van der Waals surface area contributed by atoms with E-state index in [1.54, 1.807) is 30.5 Å². The van der Waals surface area contributed by atoms with Gasteiger partial charge in [-0.05, 0) is 30.7 Å². The van der Waals surface area contributed by atoms with Crippen molar-refractivity contribution in [2.24, 2.45) is 0 Å². The molecule has 6 heteroatoms. The van der Waals surface area contributed by atoms with E-state index in [-0.39, 0.29) is 4.90 Å². The molecule has 5 nitrogen and oxygen atoms in total. The minimum absolute atomic E-state index is 0.278. The molecule has 2 N–H and O–H groups in total. The van der Waals surface area contributed by atoms with Crippen LogP contribution in [0.2, 0.25) is 0 Å². The number of hydrogen-bond donors (Lipinski definition) is 2. The first kappa shape index (κ1) is 15.9. The number of nitrogens with zero attached hydrogens (tertiary/aromatic N) is 1. The molecule has 114 valence electrons. The maximum atomic E-state index is 12.4. The van der Waals surface area contributed by atoms with Crippen molar-refractivity contribution in [3.8, 4) is 0 Å². The summed E-state index contributed by atoms with van der Waals surface area (Å²) in [6.45, 7) is 6.92. The molecule has 21 heavy (non-hydrogen) atoms. The van der Waals surface area contributed by atoms with Gasteiger partial charge in [-0.1, -0.05) is 19.9 Å². The van der Waals surface area contributed by atoms with Crippen molar-refractivity contribution >= 4 is 20.9 Å². The molecule has 0 fully saturated rings. The van der Waals surface area contributed by atoms with Crippen LogP contribution in [0.25, 0.3) is 10.9 Å². The first-order valence-corrected chi connectivity index (χ1v) is 8.47. The van der Waals surface area contributed by atoms with Crippen LogP contribution in [0, 0.1) is 6.92 Å². The number of sulfonamides is 1. The largest absolute Gasteiger partial charge is 0.313 e. The highest BCUT2D eigenvalue weighted by Crippen LogP contribution is 2.23. The molecule has 2 aromatic rings. The van der Waals surface area contributed by atoms with Crippen LogP contribution in [0.15, 0.2) is 35.4 Å². The van der Waals surface area contributed by atoms with E-state index in [4.69, 9.17) is 0 Å². The topological polar surface area (TPSA) is 71.1 Å². The molecule has 0 aliphatic carbocycles. The second-order valence-corrected chi connectivity index (χ2v) is 7.02. The van der Waals surface area contributed by atoms with E-state index in [0.717, 1.165) is 11.1 Å². The lowest BCUT2D eigenvalue weighted by Crippen LogP contribution is -2.34. The second-order valence-electron chi connectivity index (χ2n) is 5.29. The minimum Gasteiger partial charge on any atom is -0.313 e. The van der Waals surface area contributed by atoms with Crippen molar-refractivity contribution in [1.82, 2.24) is 15.0 Å². The number of benzene rings is 1. The molecule has 0 amide bonds. The highest BCUT2D eigenvalue weighted by molar-refractivity contribution is 7.89. The van der Waals surface area contributed by atoms with Gasteiger partial charge in [-0.2, -0.15) is 0 Å². The molecule has 1 heterocycles. The highest BCUT2D eigenvalue weighted by atomic mass is 32.2. The normalized spacial score (nSPS) is 12.2. The molecule has 1 aromatic carbocycles. The lowest BCUT2D eigenvalue weighted by Gasteiger charge is -2.12. The van der Waals surface area contributed by atoms with Crippen LogP contribution in [0.1, 0.15) is 19.4 Å². The Morgan fingerprint density at radius 2 is 1.95 bits per heavy atom. The van der Waals surface area contributed by atoms with Gasteiger partial charge in [0.2, 0.25) is 10.0 Å². The quantitative estimate of drug-likeness (QED) is 0.799. The van der Waals surface area contributed by atoms with Crippen LogP contribution in [0.5, 0.6) is 0 Å².